The number of carbonyl (C=O) groups excluding carboxylic acids is 1. The van der Waals surface area contributed by atoms with Crippen molar-refractivity contribution in [3.05, 3.63) is 42.5 Å². The van der Waals surface area contributed by atoms with Crippen molar-refractivity contribution in [2.45, 2.75) is 19.8 Å². The Balaban J connectivity index is 2.91. The lowest BCUT2D eigenvalue weighted by molar-refractivity contribution is -0.136. The van der Waals surface area contributed by atoms with Crippen molar-refractivity contribution in [1.29, 1.82) is 0 Å². The van der Waals surface area contributed by atoms with Gasteiger partial charge in [-0.3, -0.25) is 0 Å². The topological polar surface area (TPSA) is 35.5 Å². The summed E-state index contributed by atoms with van der Waals surface area (Å²) in [5.41, 5.74) is 1.85. The van der Waals surface area contributed by atoms with Crippen LogP contribution in [0.15, 0.2) is 31.4 Å². The second-order valence-electron chi connectivity index (χ2n) is 4.13. The Hall–Kier alpha value is -2.03. The molecule has 0 aromatic heterocycles. The minimum absolute atomic E-state index is 0.324. The van der Waals surface area contributed by atoms with Crippen molar-refractivity contribution in [3.8, 4) is 5.75 Å². The van der Waals surface area contributed by atoms with E-state index in [1.54, 1.807) is 19.3 Å². The molecule has 0 bridgehead atoms. The number of carbonyl (C=O) groups is 1. The Labute approximate surface area is 114 Å². The number of hydrogen-bond acceptors (Lipinski definition) is 3. The first kappa shape index (κ1) is 15.0. The van der Waals surface area contributed by atoms with Crippen LogP contribution in [0.2, 0.25) is 0 Å². The van der Waals surface area contributed by atoms with Crippen molar-refractivity contribution in [3.63, 3.8) is 0 Å². The van der Waals surface area contributed by atoms with Gasteiger partial charge in [0.05, 0.1) is 19.3 Å². The fraction of sp³-hybridized carbons (Fsp3) is 0.312. The van der Waals surface area contributed by atoms with Crippen LogP contribution in [-0.2, 0) is 9.53 Å². The largest absolute Gasteiger partial charge is 0.497 e. The molecule has 19 heavy (non-hydrogen) atoms. The van der Waals surface area contributed by atoms with E-state index in [2.05, 4.69) is 13.2 Å². The minimum Gasteiger partial charge on any atom is -0.497 e. The highest BCUT2D eigenvalue weighted by Crippen LogP contribution is 2.25. The van der Waals surface area contributed by atoms with Crippen molar-refractivity contribution in [1.82, 2.24) is 0 Å². The first-order valence-electron chi connectivity index (χ1n) is 6.30. The van der Waals surface area contributed by atoms with Crippen molar-refractivity contribution in [2.75, 3.05) is 13.7 Å². The van der Waals surface area contributed by atoms with E-state index in [4.69, 9.17) is 9.47 Å². The summed E-state index contributed by atoms with van der Waals surface area (Å²) in [6, 6.07) is 5.42. The van der Waals surface area contributed by atoms with Crippen LogP contribution in [0, 0.1) is 0 Å². The molecule has 0 aliphatic heterocycles. The predicted octanol–water partition coefficient (Wildman–Crippen LogP) is 3.69. The SMILES string of the molecule is C=Cc1ccc(OC)cc1C(=C)C(=O)OCCCC. The maximum Gasteiger partial charge on any atom is 0.338 e. The van der Waals surface area contributed by atoms with Crippen LogP contribution >= 0.6 is 0 Å². The molecular weight excluding hydrogens is 240 g/mol. The fourth-order valence-electron chi connectivity index (χ4n) is 1.61. The second kappa shape index (κ2) is 7.41. The molecule has 0 N–H and O–H groups in total. The van der Waals surface area contributed by atoms with Crippen LogP contribution in [-0.4, -0.2) is 19.7 Å². The summed E-state index contributed by atoms with van der Waals surface area (Å²) < 4.78 is 10.3. The van der Waals surface area contributed by atoms with Crippen molar-refractivity contribution >= 4 is 17.6 Å². The van der Waals surface area contributed by atoms with Gasteiger partial charge in [-0.2, -0.15) is 0 Å². The molecule has 1 rings (SSSR count). The van der Waals surface area contributed by atoms with E-state index >= 15 is 0 Å². The maximum absolute atomic E-state index is 11.9. The van der Waals surface area contributed by atoms with Gasteiger partial charge in [0.1, 0.15) is 5.75 Å². The molecule has 0 aliphatic carbocycles. The third-order valence-corrected chi connectivity index (χ3v) is 2.78. The standard InChI is InChI=1S/C16H20O3/c1-5-7-10-19-16(17)12(3)15-11-14(18-4)9-8-13(15)6-2/h6,8-9,11H,2-3,5,7,10H2,1,4H3. The molecule has 0 radical (unpaired) electrons. The number of esters is 1. The van der Waals surface area contributed by atoms with E-state index in [1.807, 2.05) is 19.1 Å². The smallest absolute Gasteiger partial charge is 0.338 e. The lowest BCUT2D eigenvalue weighted by Crippen LogP contribution is -2.08. The minimum atomic E-state index is -0.398. The van der Waals surface area contributed by atoms with Gasteiger partial charge in [0.25, 0.3) is 0 Å². The van der Waals surface area contributed by atoms with Gasteiger partial charge in [-0.15, -0.1) is 0 Å². The highest BCUT2D eigenvalue weighted by Gasteiger charge is 2.14. The Bertz CT molecular complexity index is 475. The second-order valence-corrected chi connectivity index (χ2v) is 4.13. The van der Waals surface area contributed by atoms with E-state index in [0.717, 1.165) is 18.4 Å². The normalized spacial score (nSPS) is 9.79. The third kappa shape index (κ3) is 3.98. The number of hydrogen-bond donors (Lipinski definition) is 0. The predicted molar refractivity (Wildman–Crippen MR) is 78.0 cm³/mol. The van der Waals surface area contributed by atoms with E-state index in [9.17, 15) is 4.79 Å². The van der Waals surface area contributed by atoms with Gasteiger partial charge >= 0.3 is 5.97 Å². The molecule has 0 saturated heterocycles. The van der Waals surface area contributed by atoms with Crippen LogP contribution in [0.4, 0.5) is 0 Å². The summed E-state index contributed by atoms with van der Waals surface area (Å²) in [6.45, 7) is 10.0. The number of ether oxygens (including phenoxy) is 2. The van der Waals surface area contributed by atoms with Crippen LogP contribution < -0.4 is 4.74 Å². The summed E-state index contributed by atoms with van der Waals surface area (Å²) in [5.74, 6) is 0.271. The van der Waals surface area contributed by atoms with Crippen LogP contribution in [0.3, 0.4) is 0 Å². The monoisotopic (exact) mass is 260 g/mol. The van der Waals surface area contributed by atoms with Crippen molar-refractivity contribution in [2.24, 2.45) is 0 Å². The van der Waals surface area contributed by atoms with Gasteiger partial charge in [0.15, 0.2) is 0 Å². The highest BCUT2D eigenvalue weighted by atomic mass is 16.5. The summed E-state index contributed by atoms with van der Waals surface area (Å²) in [5, 5.41) is 0. The number of methoxy groups -OCH3 is 1. The average Bonchev–Trinajstić information content (AvgIpc) is 2.45. The van der Waals surface area contributed by atoms with Gasteiger partial charge in [-0.1, -0.05) is 38.6 Å². The van der Waals surface area contributed by atoms with E-state index in [0.29, 0.717) is 23.5 Å². The fourth-order valence-corrected chi connectivity index (χ4v) is 1.61. The summed E-state index contributed by atoms with van der Waals surface area (Å²) >= 11 is 0. The van der Waals surface area contributed by atoms with Gasteiger partial charge in [-0.25, -0.2) is 4.79 Å². The van der Waals surface area contributed by atoms with Gasteiger partial charge in [0.2, 0.25) is 0 Å². The molecule has 1 aromatic carbocycles. The Morgan fingerprint density at radius 1 is 1.42 bits per heavy atom. The number of unbranched alkanes of at least 4 members (excludes halogenated alkanes) is 1. The zero-order valence-electron chi connectivity index (χ0n) is 11.6. The zero-order valence-corrected chi connectivity index (χ0v) is 11.6. The molecule has 0 fully saturated rings. The van der Waals surface area contributed by atoms with E-state index < -0.39 is 5.97 Å². The molecule has 0 spiro atoms. The third-order valence-electron chi connectivity index (χ3n) is 2.78. The first-order chi connectivity index (χ1) is 9.13. The Kier molecular flexibility index (Phi) is 5.86. The summed E-state index contributed by atoms with van der Waals surface area (Å²) in [4.78, 5) is 11.9. The lowest BCUT2D eigenvalue weighted by atomic mass is 10.0. The molecule has 1 aromatic rings. The lowest BCUT2D eigenvalue weighted by Gasteiger charge is -2.11. The molecule has 0 aliphatic rings. The van der Waals surface area contributed by atoms with Crippen LogP contribution in [0.25, 0.3) is 11.6 Å². The molecular formula is C16H20O3. The van der Waals surface area contributed by atoms with Gasteiger partial charge < -0.3 is 9.47 Å². The number of rotatable bonds is 7. The summed E-state index contributed by atoms with van der Waals surface area (Å²) in [7, 11) is 1.58. The molecule has 3 nitrogen and oxygen atoms in total. The molecule has 0 unspecified atom stereocenters. The Morgan fingerprint density at radius 3 is 2.74 bits per heavy atom. The van der Waals surface area contributed by atoms with E-state index in [-0.39, 0.29) is 0 Å². The van der Waals surface area contributed by atoms with Crippen molar-refractivity contribution < 1.29 is 14.3 Å². The number of benzene rings is 1. The molecule has 0 atom stereocenters. The van der Waals surface area contributed by atoms with Gasteiger partial charge in [-0.05, 0) is 29.7 Å². The zero-order chi connectivity index (χ0) is 14.3. The van der Waals surface area contributed by atoms with Crippen LogP contribution in [0.5, 0.6) is 5.75 Å². The molecule has 0 heterocycles. The molecule has 0 amide bonds. The highest BCUT2D eigenvalue weighted by molar-refractivity contribution is 6.16. The van der Waals surface area contributed by atoms with E-state index in [1.165, 1.54) is 0 Å². The molecule has 3 heteroatoms. The first-order valence-corrected chi connectivity index (χ1v) is 6.30. The summed E-state index contributed by atoms with van der Waals surface area (Å²) in [6.07, 6.45) is 3.52. The quantitative estimate of drug-likeness (QED) is 0.426. The Morgan fingerprint density at radius 2 is 2.16 bits per heavy atom. The van der Waals surface area contributed by atoms with Gasteiger partial charge in [0, 0.05) is 0 Å². The average molecular weight is 260 g/mol. The maximum atomic E-state index is 11.9. The molecule has 0 saturated carbocycles. The van der Waals surface area contributed by atoms with Crippen LogP contribution in [0.1, 0.15) is 30.9 Å². The molecule has 102 valence electrons.